The molecule has 2 N–H and O–H groups in total. The van der Waals surface area contributed by atoms with Crippen molar-refractivity contribution in [2.75, 3.05) is 32.8 Å². The van der Waals surface area contributed by atoms with Crippen LogP contribution in [0.2, 0.25) is 0 Å². The van der Waals surface area contributed by atoms with Crippen LogP contribution in [0.4, 0.5) is 4.39 Å². The van der Waals surface area contributed by atoms with E-state index >= 15 is 0 Å². The van der Waals surface area contributed by atoms with Crippen molar-refractivity contribution in [3.05, 3.63) is 35.1 Å². The molecule has 7 heteroatoms. The smallest absolute Gasteiger partial charge is 0.253 e. The lowest BCUT2D eigenvalue weighted by Crippen LogP contribution is -2.52. The van der Waals surface area contributed by atoms with Crippen molar-refractivity contribution in [1.29, 1.82) is 0 Å². The standard InChI is InChI=1S/C19H26FN3O3/c1-13-2-3-14(10-16(13)20)11-22-18(24)15-4-7-23(8-5-15)19(25)17-12-21-6-9-26-17/h2-3,10,15,17,21H,4-9,11-12H2,1H3,(H,22,24). The van der Waals surface area contributed by atoms with Crippen LogP contribution < -0.4 is 10.6 Å². The first-order valence-corrected chi connectivity index (χ1v) is 9.18. The second kappa shape index (κ2) is 8.60. The van der Waals surface area contributed by atoms with E-state index in [0.29, 0.717) is 51.2 Å². The van der Waals surface area contributed by atoms with E-state index in [-0.39, 0.29) is 23.5 Å². The molecular formula is C19H26FN3O3. The normalized spacial score (nSPS) is 21.5. The number of rotatable bonds is 4. The first-order chi connectivity index (χ1) is 12.5. The molecule has 3 rings (SSSR count). The SMILES string of the molecule is Cc1ccc(CNC(=O)C2CCN(C(=O)C3CNCCO3)CC2)cc1F. The lowest BCUT2D eigenvalue weighted by molar-refractivity contribution is -0.147. The zero-order valence-electron chi connectivity index (χ0n) is 15.1. The number of likely N-dealkylation sites (tertiary alicyclic amines) is 1. The molecule has 2 fully saturated rings. The Bertz CT molecular complexity index is 653. The summed E-state index contributed by atoms with van der Waals surface area (Å²) >= 11 is 0. The van der Waals surface area contributed by atoms with Gasteiger partial charge < -0.3 is 20.3 Å². The van der Waals surface area contributed by atoms with Crippen LogP contribution in [0.15, 0.2) is 18.2 Å². The van der Waals surface area contributed by atoms with E-state index in [1.807, 2.05) is 6.07 Å². The van der Waals surface area contributed by atoms with Gasteiger partial charge in [0.25, 0.3) is 5.91 Å². The van der Waals surface area contributed by atoms with Crippen molar-refractivity contribution < 1.29 is 18.7 Å². The van der Waals surface area contributed by atoms with Gasteiger partial charge in [0.1, 0.15) is 11.9 Å². The summed E-state index contributed by atoms with van der Waals surface area (Å²) in [6.45, 7) is 5.03. The molecule has 0 bridgehead atoms. The molecule has 1 aromatic carbocycles. The summed E-state index contributed by atoms with van der Waals surface area (Å²) < 4.78 is 19.1. The molecule has 0 aliphatic carbocycles. The first kappa shape index (κ1) is 18.8. The summed E-state index contributed by atoms with van der Waals surface area (Å²) in [5.41, 5.74) is 1.34. The third-order valence-corrected chi connectivity index (χ3v) is 5.08. The molecule has 26 heavy (non-hydrogen) atoms. The van der Waals surface area contributed by atoms with E-state index in [9.17, 15) is 14.0 Å². The topological polar surface area (TPSA) is 70.7 Å². The highest BCUT2D eigenvalue weighted by Gasteiger charge is 2.31. The minimum atomic E-state index is -0.412. The number of nitrogens with one attached hydrogen (secondary N) is 2. The molecule has 0 aromatic heterocycles. The highest BCUT2D eigenvalue weighted by molar-refractivity contribution is 5.82. The Morgan fingerprint density at radius 1 is 1.35 bits per heavy atom. The largest absolute Gasteiger partial charge is 0.366 e. The van der Waals surface area contributed by atoms with Gasteiger partial charge in [-0.3, -0.25) is 9.59 Å². The van der Waals surface area contributed by atoms with Gasteiger partial charge in [0.05, 0.1) is 6.61 Å². The Hall–Kier alpha value is -1.99. The second-order valence-corrected chi connectivity index (χ2v) is 6.96. The molecule has 6 nitrogen and oxygen atoms in total. The van der Waals surface area contributed by atoms with Gasteiger partial charge in [0.2, 0.25) is 5.91 Å². The third kappa shape index (κ3) is 4.59. The fourth-order valence-corrected chi connectivity index (χ4v) is 3.37. The molecule has 0 radical (unpaired) electrons. The molecule has 0 saturated carbocycles. The zero-order valence-corrected chi connectivity index (χ0v) is 15.1. The van der Waals surface area contributed by atoms with Crippen LogP contribution in [-0.4, -0.2) is 55.6 Å². The number of hydrogen-bond acceptors (Lipinski definition) is 4. The number of benzene rings is 1. The van der Waals surface area contributed by atoms with E-state index in [2.05, 4.69) is 10.6 Å². The quantitative estimate of drug-likeness (QED) is 0.837. The number of carbonyl (C=O) groups is 2. The van der Waals surface area contributed by atoms with Crippen LogP contribution in [-0.2, 0) is 20.9 Å². The van der Waals surface area contributed by atoms with Gasteiger partial charge in [-0.05, 0) is 37.0 Å². The van der Waals surface area contributed by atoms with Crippen molar-refractivity contribution in [1.82, 2.24) is 15.5 Å². The van der Waals surface area contributed by atoms with Gasteiger partial charge in [-0.15, -0.1) is 0 Å². The van der Waals surface area contributed by atoms with E-state index in [1.165, 1.54) is 6.07 Å². The molecule has 2 saturated heterocycles. The Balaban J connectivity index is 1.44. The van der Waals surface area contributed by atoms with Gasteiger partial charge in [-0.2, -0.15) is 0 Å². The highest BCUT2D eigenvalue weighted by Crippen LogP contribution is 2.19. The van der Waals surface area contributed by atoms with Gasteiger partial charge in [0, 0.05) is 38.6 Å². The van der Waals surface area contributed by atoms with Crippen LogP contribution in [0, 0.1) is 18.7 Å². The predicted molar refractivity (Wildman–Crippen MR) is 94.9 cm³/mol. The average Bonchev–Trinajstić information content (AvgIpc) is 2.69. The molecule has 2 amide bonds. The van der Waals surface area contributed by atoms with Crippen LogP contribution >= 0.6 is 0 Å². The average molecular weight is 363 g/mol. The predicted octanol–water partition coefficient (Wildman–Crippen LogP) is 0.977. The Kier molecular flexibility index (Phi) is 6.21. The van der Waals surface area contributed by atoms with Crippen LogP contribution in [0.3, 0.4) is 0 Å². The Morgan fingerprint density at radius 3 is 2.77 bits per heavy atom. The van der Waals surface area contributed by atoms with Crippen molar-refractivity contribution >= 4 is 11.8 Å². The molecule has 2 aliphatic rings. The van der Waals surface area contributed by atoms with Crippen LogP contribution in [0.5, 0.6) is 0 Å². The zero-order chi connectivity index (χ0) is 18.5. The van der Waals surface area contributed by atoms with Gasteiger partial charge >= 0.3 is 0 Å². The lowest BCUT2D eigenvalue weighted by Gasteiger charge is -2.34. The van der Waals surface area contributed by atoms with Crippen molar-refractivity contribution in [3.63, 3.8) is 0 Å². The maximum Gasteiger partial charge on any atom is 0.253 e. The van der Waals surface area contributed by atoms with Crippen molar-refractivity contribution in [2.24, 2.45) is 5.92 Å². The minimum absolute atomic E-state index is 0.00573. The fourth-order valence-electron chi connectivity index (χ4n) is 3.37. The Morgan fingerprint density at radius 2 is 2.12 bits per heavy atom. The number of carbonyl (C=O) groups excluding carboxylic acids is 2. The van der Waals surface area contributed by atoms with E-state index < -0.39 is 6.10 Å². The molecule has 142 valence electrons. The molecule has 2 heterocycles. The number of halogens is 1. The number of amides is 2. The lowest BCUT2D eigenvalue weighted by atomic mass is 9.95. The molecule has 1 unspecified atom stereocenters. The number of nitrogens with zero attached hydrogens (tertiary/aromatic N) is 1. The number of piperidine rings is 1. The molecule has 1 atom stereocenters. The van der Waals surface area contributed by atoms with Gasteiger partial charge in [0.15, 0.2) is 0 Å². The first-order valence-electron chi connectivity index (χ1n) is 9.18. The third-order valence-electron chi connectivity index (χ3n) is 5.08. The van der Waals surface area contributed by atoms with Gasteiger partial charge in [-0.25, -0.2) is 4.39 Å². The minimum Gasteiger partial charge on any atom is -0.366 e. The number of morpholine rings is 1. The number of aryl methyl sites for hydroxylation is 1. The van der Waals surface area contributed by atoms with Crippen molar-refractivity contribution in [2.45, 2.75) is 32.4 Å². The Labute approximate surface area is 153 Å². The van der Waals surface area contributed by atoms with Gasteiger partial charge in [-0.1, -0.05) is 12.1 Å². The summed E-state index contributed by atoms with van der Waals surface area (Å²) in [4.78, 5) is 26.6. The van der Waals surface area contributed by atoms with E-state index in [1.54, 1.807) is 17.9 Å². The maximum atomic E-state index is 13.6. The molecular weight excluding hydrogens is 337 g/mol. The fraction of sp³-hybridized carbons (Fsp3) is 0.579. The summed E-state index contributed by atoms with van der Waals surface area (Å²) in [6, 6.07) is 4.98. The van der Waals surface area contributed by atoms with E-state index in [4.69, 9.17) is 4.74 Å². The highest BCUT2D eigenvalue weighted by atomic mass is 19.1. The molecule has 1 aromatic rings. The maximum absolute atomic E-state index is 13.6. The van der Waals surface area contributed by atoms with Crippen molar-refractivity contribution in [3.8, 4) is 0 Å². The number of ether oxygens (including phenoxy) is 1. The van der Waals surface area contributed by atoms with E-state index in [0.717, 1.165) is 12.1 Å². The monoisotopic (exact) mass is 363 g/mol. The summed E-state index contributed by atoms with van der Waals surface area (Å²) in [6.07, 6.45) is 0.866. The summed E-state index contributed by atoms with van der Waals surface area (Å²) in [7, 11) is 0. The second-order valence-electron chi connectivity index (χ2n) is 6.96. The molecule has 2 aliphatic heterocycles. The van der Waals surface area contributed by atoms with Crippen LogP contribution in [0.1, 0.15) is 24.0 Å². The summed E-state index contributed by atoms with van der Waals surface area (Å²) in [5.74, 6) is -0.400. The van der Waals surface area contributed by atoms with Crippen LogP contribution in [0.25, 0.3) is 0 Å². The summed E-state index contributed by atoms with van der Waals surface area (Å²) in [5, 5.41) is 6.04. The number of hydrogen-bond donors (Lipinski definition) is 2. The molecule has 0 spiro atoms.